The van der Waals surface area contributed by atoms with Gasteiger partial charge in [-0.3, -0.25) is 9.69 Å². The van der Waals surface area contributed by atoms with Gasteiger partial charge in [0, 0.05) is 29.5 Å². The van der Waals surface area contributed by atoms with Gasteiger partial charge in [-0.2, -0.15) is 5.26 Å². The predicted octanol–water partition coefficient (Wildman–Crippen LogP) is 3.98. The molecule has 0 bridgehead atoms. The Morgan fingerprint density at radius 3 is 3.00 bits per heavy atom. The molecule has 1 atom stereocenters. The Balaban J connectivity index is 1.62. The first-order valence-corrected chi connectivity index (χ1v) is 10.9. The van der Waals surface area contributed by atoms with Gasteiger partial charge in [0.1, 0.15) is 0 Å². The van der Waals surface area contributed by atoms with Gasteiger partial charge in [-0.15, -0.1) is 23.1 Å². The molecule has 1 amide bonds. The number of carbonyl (C=O) groups excluding carboxylic acids is 1. The molecule has 1 saturated heterocycles. The van der Waals surface area contributed by atoms with Crippen LogP contribution in [0.25, 0.3) is 0 Å². The zero-order valence-electron chi connectivity index (χ0n) is 15.1. The van der Waals surface area contributed by atoms with E-state index in [1.807, 2.05) is 30.3 Å². The van der Waals surface area contributed by atoms with Crippen LogP contribution in [0, 0.1) is 11.3 Å². The Hall–Kier alpha value is -1.85. The zero-order chi connectivity index (χ0) is 18.9. The lowest BCUT2D eigenvalue weighted by Gasteiger charge is -2.24. The van der Waals surface area contributed by atoms with Crippen LogP contribution in [0.4, 0.5) is 5.69 Å². The SMILES string of the molecule is N#CCSc1ccccc1NC(=O)CN(Cc1cccs1)C[C@H]1CCCO1. The number of anilines is 1. The van der Waals surface area contributed by atoms with E-state index in [1.165, 1.54) is 16.6 Å². The molecule has 1 aliphatic heterocycles. The van der Waals surface area contributed by atoms with Crippen LogP contribution in [0.3, 0.4) is 0 Å². The number of carbonyl (C=O) groups is 1. The number of nitrogens with one attached hydrogen (secondary N) is 1. The van der Waals surface area contributed by atoms with Crippen LogP contribution in [0.5, 0.6) is 0 Å². The van der Waals surface area contributed by atoms with E-state index in [1.54, 1.807) is 11.3 Å². The highest BCUT2D eigenvalue weighted by Crippen LogP contribution is 2.26. The van der Waals surface area contributed by atoms with Crippen LogP contribution >= 0.6 is 23.1 Å². The average molecular weight is 402 g/mol. The second-order valence-corrected chi connectivity index (χ2v) is 8.42. The number of amides is 1. The molecule has 1 fully saturated rings. The van der Waals surface area contributed by atoms with Crippen LogP contribution in [0.1, 0.15) is 17.7 Å². The fourth-order valence-corrected chi connectivity index (χ4v) is 4.50. The molecule has 2 heterocycles. The Kier molecular flexibility index (Phi) is 7.72. The lowest BCUT2D eigenvalue weighted by Crippen LogP contribution is -2.37. The van der Waals surface area contributed by atoms with Gasteiger partial charge in [-0.05, 0) is 36.4 Å². The van der Waals surface area contributed by atoms with Crippen LogP contribution in [-0.4, -0.2) is 42.4 Å². The first-order chi connectivity index (χ1) is 13.2. The largest absolute Gasteiger partial charge is 0.377 e. The average Bonchev–Trinajstić information content (AvgIpc) is 3.35. The lowest BCUT2D eigenvalue weighted by molar-refractivity contribution is -0.117. The molecule has 1 aromatic carbocycles. The number of hydrogen-bond acceptors (Lipinski definition) is 6. The van der Waals surface area contributed by atoms with Crippen molar-refractivity contribution in [3.63, 3.8) is 0 Å². The van der Waals surface area contributed by atoms with Crippen molar-refractivity contribution in [1.29, 1.82) is 5.26 Å². The molecule has 0 aliphatic carbocycles. The molecule has 1 aromatic heterocycles. The monoisotopic (exact) mass is 401 g/mol. The first kappa shape index (κ1) is 19.9. The lowest BCUT2D eigenvalue weighted by atomic mass is 10.2. The number of rotatable bonds is 9. The predicted molar refractivity (Wildman–Crippen MR) is 110 cm³/mol. The van der Waals surface area contributed by atoms with E-state index in [4.69, 9.17) is 10.00 Å². The molecule has 0 saturated carbocycles. The summed E-state index contributed by atoms with van der Waals surface area (Å²) in [5.74, 6) is 0.311. The normalized spacial score (nSPS) is 16.4. The summed E-state index contributed by atoms with van der Waals surface area (Å²) >= 11 is 3.13. The maximum absolute atomic E-state index is 12.7. The summed E-state index contributed by atoms with van der Waals surface area (Å²) in [6.07, 6.45) is 2.35. The van der Waals surface area contributed by atoms with Gasteiger partial charge in [0.25, 0.3) is 0 Å². The van der Waals surface area contributed by atoms with E-state index >= 15 is 0 Å². The van der Waals surface area contributed by atoms with E-state index in [9.17, 15) is 4.79 Å². The highest BCUT2D eigenvalue weighted by molar-refractivity contribution is 7.99. The molecular formula is C20H23N3O2S2. The molecule has 3 rings (SSSR count). The molecule has 1 N–H and O–H groups in total. The summed E-state index contributed by atoms with van der Waals surface area (Å²) in [5.41, 5.74) is 0.760. The number of benzene rings is 1. The molecule has 1 aliphatic rings. The summed E-state index contributed by atoms with van der Waals surface area (Å²) in [5, 5.41) is 13.9. The Morgan fingerprint density at radius 1 is 1.37 bits per heavy atom. The van der Waals surface area contributed by atoms with E-state index in [0.717, 1.165) is 43.1 Å². The minimum atomic E-state index is -0.0467. The second kappa shape index (κ2) is 10.5. The summed E-state index contributed by atoms with van der Waals surface area (Å²) in [7, 11) is 0. The number of hydrogen-bond donors (Lipinski definition) is 1. The number of thiophene rings is 1. The number of para-hydroxylation sites is 1. The van der Waals surface area contributed by atoms with E-state index < -0.39 is 0 Å². The Bertz CT molecular complexity index is 768. The first-order valence-electron chi connectivity index (χ1n) is 8.99. The summed E-state index contributed by atoms with van der Waals surface area (Å²) in [4.78, 5) is 17.0. The highest BCUT2D eigenvalue weighted by atomic mass is 32.2. The van der Waals surface area contributed by atoms with Gasteiger partial charge in [0.2, 0.25) is 5.91 Å². The van der Waals surface area contributed by atoms with Crippen LogP contribution in [-0.2, 0) is 16.1 Å². The second-order valence-electron chi connectivity index (χ2n) is 6.38. The van der Waals surface area contributed by atoms with Crippen molar-refractivity contribution >= 4 is 34.7 Å². The van der Waals surface area contributed by atoms with Gasteiger partial charge in [-0.25, -0.2) is 0 Å². The van der Waals surface area contributed by atoms with Crippen molar-refractivity contribution in [2.75, 3.05) is 30.8 Å². The van der Waals surface area contributed by atoms with Crippen molar-refractivity contribution in [1.82, 2.24) is 4.90 Å². The number of ether oxygens (including phenoxy) is 1. The van der Waals surface area contributed by atoms with Gasteiger partial charge in [0.15, 0.2) is 0 Å². The fraction of sp³-hybridized carbons (Fsp3) is 0.400. The van der Waals surface area contributed by atoms with E-state index in [2.05, 4.69) is 27.7 Å². The number of thioether (sulfide) groups is 1. The third kappa shape index (κ3) is 6.36. The van der Waals surface area contributed by atoms with Gasteiger partial charge in [0.05, 0.1) is 30.2 Å². The minimum absolute atomic E-state index is 0.0467. The maximum Gasteiger partial charge on any atom is 0.238 e. The number of nitrogens with zero attached hydrogens (tertiary/aromatic N) is 2. The quantitative estimate of drug-likeness (QED) is 0.644. The maximum atomic E-state index is 12.7. The summed E-state index contributed by atoms with van der Waals surface area (Å²) in [6.45, 7) is 2.63. The molecule has 27 heavy (non-hydrogen) atoms. The van der Waals surface area contributed by atoms with Crippen molar-refractivity contribution in [2.24, 2.45) is 0 Å². The molecule has 7 heteroatoms. The number of nitriles is 1. The van der Waals surface area contributed by atoms with E-state index in [0.29, 0.717) is 12.3 Å². The fourth-order valence-electron chi connectivity index (χ4n) is 3.08. The van der Waals surface area contributed by atoms with Gasteiger partial charge < -0.3 is 10.1 Å². The van der Waals surface area contributed by atoms with E-state index in [-0.39, 0.29) is 12.0 Å². The van der Waals surface area contributed by atoms with Crippen molar-refractivity contribution < 1.29 is 9.53 Å². The molecule has 142 valence electrons. The molecular weight excluding hydrogens is 378 g/mol. The highest BCUT2D eigenvalue weighted by Gasteiger charge is 2.21. The van der Waals surface area contributed by atoms with Crippen LogP contribution < -0.4 is 5.32 Å². The smallest absolute Gasteiger partial charge is 0.238 e. The summed E-state index contributed by atoms with van der Waals surface area (Å²) < 4.78 is 5.76. The third-order valence-electron chi connectivity index (χ3n) is 4.27. The topological polar surface area (TPSA) is 65.4 Å². The van der Waals surface area contributed by atoms with Crippen molar-refractivity contribution in [3.8, 4) is 6.07 Å². The van der Waals surface area contributed by atoms with Crippen molar-refractivity contribution in [2.45, 2.75) is 30.4 Å². The Morgan fingerprint density at radius 2 is 2.26 bits per heavy atom. The molecule has 5 nitrogen and oxygen atoms in total. The van der Waals surface area contributed by atoms with Gasteiger partial charge >= 0.3 is 0 Å². The standard InChI is InChI=1S/C20H23N3O2S2/c21-9-12-27-19-8-2-1-7-18(19)22-20(24)15-23(13-16-5-3-10-25-16)14-17-6-4-11-26-17/h1-2,4,6-8,11,16H,3,5,10,12-15H2,(H,22,24)/t16-/m1/s1. The van der Waals surface area contributed by atoms with Crippen molar-refractivity contribution in [3.05, 3.63) is 46.7 Å². The molecule has 0 radical (unpaired) electrons. The third-order valence-corrected chi connectivity index (χ3v) is 6.07. The van der Waals surface area contributed by atoms with Crippen LogP contribution in [0.15, 0.2) is 46.7 Å². The minimum Gasteiger partial charge on any atom is -0.377 e. The molecule has 0 unspecified atom stereocenters. The molecule has 0 spiro atoms. The summed E-state index contributed by atoms with van der Waals surface area (Å²) in [6, 6.07) is 13.9. The molecule has 2 aromatic rings. The Labute approximate surface area is 168 Å². The zero-order valence-corrected chi connectivity index (χ0v) is 16.7. The van der Waals surface area contributed by atoms with Crippen LogP contribution in [0.2, 0.25) is 0 Å². The van der Waals surface area contributed by atoms with Gasteiger partial charge in [-0.1, -0.05) is 18.2 Å².